The molecule has 3 N–H and O–H groups in total. The SMILES string of the molecule is COC(=O)NNC1=CC(=O)CN1. The summed E-state index contributed by atoms with van der Waals surface area (Å²) in [7, 11) is 1.25. The van der Waals surface area contributed by atoms with Crippen molar-refractivity contribution in [3.63, 3.8) is 0 Å². The van der Waals surface area contributed by atoms with E-state index in [1.807, 2.05) is 0 Å². The Labute approximate surface area is 68.9 Å². The lowest BCUT2D eigenvalue weighted by atomic mass is 10.4. The Morgan fingerprint density at radius 1 is 1.75 bits per heavy atom. The van der Waals surface area contributed by atoms with Crippen molar-refractivity contribution in [2.45, 2.75) is 0 Å². The molecule has 1 aliphatic heterocycles. The van der Waals surface area contributed by atoms with E-state index in [1.165, 1.54) is 13.2 Å². The monoisotopic (exact) mass is 171 g/mol. The molecule has 0 bridgehead atoms. The van der Waals surface area contributed by atoms with Gasteiger partial charge in [0.2, 0.25) is 0 Å². The molecule has 0 spiro atoms. The van der Waals surface area contributed by atoms with Gasteiger partial charge in [-0.15, -0.1) is 0 Å². The van der Waals surface area contributed by atoms with Gasteiger partial charge in [-0.05, 0) is 0 Å². The van der Waals surface area contributed by atoms with E-state index in [4.69, 9.17) is 0 Å². The van der Waals surface area contributed by atoms with Crippen molar-refractivity contribution < 1.29 is 14.3 Å². The summed E-state index contributed by atoms with van der Waals surface area (Å²) in [5.41, 5.74) is 4.67. The number of ketones is 1. The lowest BCUT2D eigenvalue weighted by Crippen LogP contribution is -2.39. The summed E-state index contributed by atoms with van der Waals surface area (Å²) in [6, 6.07) is 0. The molecule has 0 aromatic rings. The van der Waals surface area contributed by atoms with E-state index < -0.39 is 6.09 Å². The van der Waals surface area contributed by atoms with Crippen molar-refractivity contribution in [3.8, 4) is 0 Å². The Bertz CT molecular complexity index is 236. The molecule has 12 heavy (non-hydrogen) atoms. The zero-order valence-corrected chi connectivity index (χ0v) is 6.51. The average molecular weight is 171 g/mol. The van der Waals surface area contributed by atoms with Gasteiger partial charge in [0.05, 0.1) is 13.7 Å². The minimum Gasteiger partial charge on any atom is -0.452 e. The maximum Gasteiger partial charge on any atom is 0.425 e. The summed E-state index contributed by atoms with van der Waals surface area (Å²) in [5, 5.41) is 2.72. The molecule has 1 rings (SSSR count). The fourth-order valence-electron chi connectivity index (χ4n) is 0.695. The fourth-order valence-corrected chi connectivity index (χ4v) is 0.695. The van der Waals surface area contributed by atoms with E-state index in [1.54, 1.807) is 0 Å². The number of methoxy groups -OCH3 is 1. The minimum atomic E-state index is -0.614. The van der Waals surface area contributed by atoms with Crippen LogP contribution in [-0.2, 0) is 9.53 Å². The highest BCUT2D eigenvalue weighted by Gasteiger charge is 2.10. The first-order chi connectivity index (χ1) is 5.72. The van der Waals surface area contributed by atoms with Gasteiger partial charge in [0.25, 0.3) is 0 Å². The van der Waals surface area contributed by atoms with Crippen LogP contribution in [0, 0.1) is 0 Å². The van der Waals surface area contributed by atoms with Crippen LogP contribution < -0.4 is 16.2 Å². The number of amides is 1. The van der Waals surface area contributed by atoms with Crippen LogP contribution in [0.3, 0.4) is 0 Å². The summed E-state index contributed by atoms with van der Waals surface area (Å²) in [5.74, 6) is 0.426. The molecule has 1 aliphatic rings. The van der Waals surface area contributed by atoms with Crippen molar-refractivity contribution in [3.05, 3.63) is 11.9 Å². The number of carbonyl (C=O) groups excluding carboxylic acids is 2. The van der Waals surface area contributed by atoms with Crippen LogP contribution in [0.5, 0.6) is 0 Å². The number of rotatable bonds is 2. The Hall–Kier alpha value is -1.72. The van der Waals surface area contributed by atoms with Crippen LogP contribution >= 0.6 is 0 Å². The van der Waals surface area contributed by atoms with Gasteiger partial charge in [-0.25, -0.2) is 10.2 Å². The standard InChI is InChI=1S/C6H9N3O3/c1-12-6(11)9-8-5-2-4(10)3-7-5/h2,7-8H,3H2,1H3,(H,9,11). The average Bonchev–Trinajstić information content (AvgIpc) is 2.47. The minimum absolute atomic E-state index is 0.0378. The number of carbonyl (C=O) groups is 2. The van der Waals surface area contributed by atoms with Gasteiger partial charge >= 0.3 is 6.09 Å². The van der Waals surface area contributed by atoms with Gasteiger partial charge in [0, 0.05) is 6.08 Å². The second kappa shape index (κ2) is 3.61. The van der Waals surface area contributed by atoms with Crippen molar-refractivity contribution in [1.29, 1.82) is 0 Å². The van der Waals surface area contributed by atoms with E-state index in [2.05, 4.69) is 20.9 Å². The quantitative estimate of drug-likeness (QED) is 0.458. The van der Waals surface area contributed by atoms with E-state index in [9.17, 15) is 9.59 Å². The van der Waals surface area contributed by atoms with Gasteiger partial charge in [-0.3, -0.25) is 10.2 Å². The second-order valence-corrected chi connectivity index (χ2v) is 2.12. The van der Waals surface area contributed by atoms with Crippen molar-refractivity contribution in [1.82, 2.24) is 16.2 Å². The van der Waals surface area contributed by atoms with Crippen molar-refractivity contribution >= 4 is 11.9 Å². The normalized spacial score (nSPS) is 14.8. The van der Waals surface area contributed by atoms with Crippen LogP contribution in [0.15, 0.2) is 11.9 Å². The summed E-state index contributed by atoms with van der Waals surface area (Å²) in [4.78, 5) is 21.2. The zero-order valence-electron chi connectivity index (χ0n) is 6.51. The van der Waals surface area contributed by atoms with Crippen molar-refractivity contribution in [2.24, 2.45) is 0 Å². The summed E-state index contributed by atoms with van der Waals surface area (Å²) >= 11 is 0. The third-order valence-corrected chi connectivity index (χ3v) is 1.24. The van der Waals surface area contributed by atoms with E-state index in [0.29, 0.717) is 5.82 Å². The van der Waals surface area contributed by atoms with E-state index in [0.717, 1.165) is 0 Å². The molecule has 1 amide bonds. The van der Waals surface area contributed by atoms with Crippen LogP contribution in [0.1, 0.15) is 0 Å². The topological polar surface area (TPSA) is 79.5 Å². The predicted molar refractivity (Wildman–Crippen MR) is 39.8 cm³/mol. The molecular formula is C6H9N3O3. The molecule has 0 atom stereocenters. The molecule has 66 valence electrons. The lowest BCUT2D eigenvalue weighted by Gasteiger charge is -2.07. The highest BCUT2D eigenvalue weighted by molar-refractivity contribution is 5.94. The molecule has 0 saturated heterocycles. The lowest BCUT2D eigenvalue weighted by molar-refractivity contribution is -0.113. The molecule has 0 aromatic carbocycles. The molecule has 0 fully saturated rings. The van der Waals surface area contributed by atoms with Crippen LogP contribution in [0.25, 0.3) is 0 Å². The maximum absolute atomic E-state index is 10.6. The number of nitrogens with one attached hydrogen (secondary N) is 3. The van der Waals surface area contributed by atoms with Gasteiger partial charge in [-0.2, -0.15) is 0 Å². The molecule has 6 nitrogen and oxygen atoms in total. The Balaban J connectivity index is 2.28. The Morgan fingerprint density at radius 2 is 2.50 bits per heavy atom. The largest absolute Gasteiger partial charge is 0.452 e. The Kier molecular flexibility index (Phi) is 2.52. The zero-order chi connectivity index (χ0) is 8.97. The first kappa shape index (κ1) is 8.38. The number of hydrazine groups is 1. The van der Waals surface area contributed by atoms with Crippen LogP contribution in [0.4, 0.5) is 4.79 Å². The van der Waals surface area contributed by atoms with Gasteiger partial charge in [0.1, 0.15) is 5.82 Å². The molecule has 1 heterocycles. The third kappa shape index (κ3) is 2.15. The van der Waals surface area contributed by atoms with Crippen molar-refractivity contribution in [2.75, 3.05) is 13.7 Å². The van der Waals surface area contributed by atoms with Crippen LogP contribution in [-0.4, -0.2) is 25.5 Å². The molecule has 0 radical (unpaired) electrons. The predicted octanol–water partition coefficient (Wildman–Crippen LogP) is -1.14. The van der Waals surface area contributed by atoms with Gasteiger partial charge < -0.3 is 10.1 Å². The third-order valence-electron chi connectivity index (χ3n) is 1.24. The molecule has 0 aromatic heterocycles. The first-order valence-corrected chi connectivity index (χ1v) is 3.31. The summed E-state index contributed by atoms with van der Waals surface area (Å²) in [6.07, 6.45) is 0.743. The summed E-state index contributed by atoms with van der Waals surface area (Å²) < 4.78 is 4.28. The van der Waals surface area contributed by atoms with Gasteiger partial charge in [-0.1, -0.05) is 0 Å². The second-order valence-electron chi connectivity index (χ2n) is 2.12. The molecular weight excluding hydrogens is 162 g/mol. The smallest absolute Gasteiger partial charge is 0.425 e. The van der Waals surface area contributed by atoms with E-state index >= 15 is 0 Å². The maximum atomic E-state index is 10.6. The molecule has 0 aliphatic carbocycles. The Morgan fingerprint density at radius 3 is 3.00 bits per heavy atom. The summed E-state index contributed by atoms with van der Waals surface area (Å²) in [6.45, 7) is 0.255. The fraction of sp³-hybridized carbons (Fsp3) is 0.333. The van der Waals surface area contributed by atoms with E-state index in [-0.39, 0.29) is 12.3 Å². The highest BCUT2D eigenvalue weighted by atomic mass is 16.5. The molecule has 6 heteroatoms. The first-order valence-electron chi connectivity index (χ1n) is 3.31. The highest BCUT2D eigenvalue weighted by Crippen LogP contribution is 1.91. The number of hydrogen-bond acceptors (Lipinski definition) is 5. The molecule has 0 saturated carbocycles. The number of ether oxygens (including phenoxy) is 1. The number of hydrogen-bond donors (Lipinski definition) is 3. The molecule has 0 unspecified atom stereocenters. The van der Waals surface area contributed by atoms with Crippen LogP contribution in [0.2, 0.25) is 0 Å². The van der Waals surface area contributed by atoms with Gasteiger partial charge in [0.15, 0.2) is 5.78 Å².